The first kappa shape index (κ1) is 15.4. The van der Waals surface area contributed by atoms with Crippen molar-refractivity contribution in [3.63, 3.8) is 0 Å². The number of nitrogens with zero attached hydrogens (tertiary/aromatic N) is 2. The second-order valence-electron chi connectivity index (χ2n) is 5.51. The van der Waals surface area contributed by atoms with E-state index in [0.29, 0.717) is 18.4 Å². The van der Waals surface area contributed by atoms with E-state index in [4.69, 9.17) is 9.26 Å². The Morgan fingerprint density at radius 1 is 1.30 bits per heavy atom. The maximum atomic E-state index is 5.92. The van der Waals surface area contributed by atoms with E-state index in [1.165, 1.54) is 32.1 Å². The summed E-state index contributed by atoms with van der Waals surface area (Å²) in [5.41, 5.74) is 0. The van der Waals surface area contributed by atoms with Crippen molar-refractivity contribution in [2.24, 2.45) is 5.92 Å². The molecule has 1 aromatic rings. The van der Waals surface area contributed by atoms with E-state index in [2.05, 4.69) is 22.4 Å². The molecule has 5 nitrogen and oxygen atoms in total. The lowest BCUT2D eigenvalue weighted by molar-refractivity contribution is -0.00145. The number of ether oxygens (including phenoxy) is 1. The average molecular weight is 281 g/mol. The molecule has 0 spiro atoms. The molecule has 1 N–H and O–H groups in total. The van der Waals surface area contributed by atoms with Gasteiger partial charge in [-0.05, 0) is 39.2 Å². The highest BCUT2D eigenvalue weighted by atomic mass is 16.5. The van der Waals surface area contributed by atoms with Gasteiger partial charge in [0, 0.05) is 6.61 Å². The van der Waals surface area contributed by atoms with Crippen molar-refractivity contribution >= 4 is 0 Å². The molecule has 114 valence electrons. The summed E-state index contributed by atoms with van der Waals surface area (Å²) in [5, 5.41) is 7.37. The fourth-order valence-corrected chi connectivity index (χ4v) is 3.04. The molecule has 0 saturated heterocycles. The lowest BCUT2D eigenvalue weighted by Crippen LogP contribution is -2.21. The van der Waals surface area contributed by atoms with Gasteiger partial charge in [-0.3, -0.25) is 0 Å². The summed E-state index contributed by atoms with van der Waals surface area (Å²) in [6, 6.07) is 0.130. The molecule has 0 aliphatic heterocycles. The Balaban J connectivity index is 2.12. The zero-order valence-electron chi connectivity index (χ0n) is 12.9. The Hall–Kier alpha value is -0.940. The molecule has 0 aromatic carbocycles. The van der Waals surface area contributed by atoms with Crippen LogP contribution < -0.4 is 5.32 Å². The molecule has 1 aromatic heterocycles. The SMILES string of the molecule is CCOC(c1noc(C(CC)NC)n1)C1CCCCC1. The largest absolute Gasteiger partial charge is 0.370 e. The van der Waals surface area contributed by atoms with E-state index in [-0.39, 0.29) is 12.1 Å². The highest BCUT2D eigenvalue weighted by Crippen LogP contribution is 2.36. The van der Waals surface area contributed by atoms with Gasteiger partial charge in [-0.25, -0.2) is 0 Å². The van der Waals surface area contributed by atoms with E-state index in [9.17, 15) is 0 Å². The van der Waals surface area contributed by atoms with Crippen LogP contribution in [-0.2, 0) is 4.74 Å². The van der Waals surface area contributed by atoms with Crippen molar-refractivity contribution in [2.75, 3.05) is 13.7 Å². The van der Waals surface area contributed by atoms with Crippen LogP contribution in [0.25, 0.3) is 0 Å². The smallest absolute Gasteiger partial charge is 0.243 e. The molecular formula is C15H27N3O2. The first-order chi connectivity index (χ1) is 9.80. The van der Waals surface area contributed by atoms with Crippen LogP contribution in [0.5, 0.6) is 0 Å². The van der Waals surface area contributed by atoms with Gasteiger partial charge in [-0.15, -0.1) is 0 Å². The van der Waals surface area contributed by atoms with Gasteiger partial charge in [-0.1, -0.05) is 31.3 Å². The van der Waals surface area contributed by atoms with Gasteiger partial charge in [0.05, 0.1) is 6.04 Å². The minimum absolute atomic E-state index is 0.00726. The molecule has 2 atom stereocenters. The Bertz CT molecular complexity index is 384. The number of nitrogens with one attached hydrogen (secondary N) is 1. The Morgan fingerprint density at radius 2 is 2.05 bits per heavy atom. The highest BCUT2D eigenvalue weighted by molar-refractivity contribution is 4.98. The van der Waals surface area contributed by atoms with Crippen molar-refractivity contribution in [3.05, 3.63) is 11.7 Å². The highest BCUT2D eigenvalue weighted by Gasteiger charge is 2.30. The fraction of sp³-hybridized carbons (Fsp3) is 0.867. The van der Waals surface area contributed by atoms with Crippen LogP contribution in [-0.4, -0.2) is 23.8 Å². The van der Waals surface area contributed by atoms with Gasteiger partial charge in [0.15, 0.2) is 0 Å². The first-order valence-corrected chi connectivity index (χ1v) is 7.92. The normalized spacial score (nSPS) is 19.9. The Kier molecular flexibility index (Phi) is 5.98. The Labute approximate surface area is 121 Å². The molecule has 0 amide bonds. The summed E-state index contributed by atoms with van der Waals surface area (Å²) in [4.78, 5) is 4.58. The van der Waals surface area contributed by atoms with E-state index in [0.717, 1.165) is 12.2 Å². The van der Waals surface area contributed by atoms with Crippen LogP contribution in [0.3, 0.4) is 0 Å². The lowest BCUT2D eigenvalue weighted by atomic mass is 9.85. The summed E-state index contributed by atoms with van der Waals surface area (Å²) < 4.78 is 11.3. The number of hydrogen-bond acceptors (Lipinski definition) is 5. The van der Waals surface area contributed by atoms with Crippen molar-refractivity contribution in [3.8, 4) is 0 Å². The summed E-state index contributed by atoms with van der Waals surface area (Å²) >= 11 is 0. The van der Waals surface area contributed by atoms with Crippen molar-refractivity contribution in [1.29, 1.82) is 0 Å². The number of rotatable bonds is 7. The standard InChI is InChI=1S/C15H27N3O2/c1-4-12(16-3)15-17-14(18-20-15)13(19-5-2)11-9-7-6-8-10-11/h11-13,16H,4-10H2,1-3H3. The maximum Gasteiger partial charge on any atom is 0.243 e. The molecule has 0 bridgehead atoms. The summed E-state index contributed by atoms with van der Waals surface area (Å²) in [6.45, 7) is 4.82. The lowest BCUT2D eigenvalue weighted by Gasteiger charge is -2.27. The fourth-order valence-electron chi connectivity index (χ4n) is 3.04. The molecule has 1 fully saturated rings. The van der Waals surface area contributed by atoms with Crippen LogP contribution >= 0.6 is 0 Å². The van der Waals surface area contributed by atoms with Crippen molar-refractivity contribution in [2.45, 2.75) is 64.5 Å². The molecule has 2 unspecified atom stereocenters. The minimum atomic E-state index is -0.00726. The molecule has 2 rings (SSSR count). The van der Waals surface area contributed by atoms with Gasteiger partial charge >= 0.3 is 0 Å². The number of hydrogen-bond donors (Lipinski definition) is 1. The van der Waals surface area contributed by atoms with E-state index >= 15 is 0 Å². The molecular weight excluding hydrogens is 254 g/mol. The van der Waals surface area contributed by atoms with Crippen LogP contribution in [0.2, 0.25) is 0 Å². The van der Waals surface area contributed by atoms with Crippen molar-refractivity contribution < 1.29 is 9.26 Å². The zero-order chi connectivity index (χ0) is 14.4. The molecule has 1 heterocycles. The van der Waals surface area contributed by atoms with Gasteiger partial charge in [0.1, 0.15) is 6.10 Å². The predicted molar refractivity (Wildman–Crippen MR) is 77.3 cm³/mol. The second kappa shape index (κ2) is 7.74. The summed E-state index contributed by atoms with van der Waals surface area (Å²) in [7, 11) is 1.92. The molecule has 5 heteroatoms. The van der Waals surface area contributed by atoms with Gasteiger partial charge in [0.25, 0.3) is 0 Å². The molecule has 0 radical (unpaired) electrons. The van der Waals surface area contributed by atoms with E-state index in [1.807, 2.05) is 14.0 Å². The summed E-state index contributed by atoms with van der Waals surface area (Å²) in [5.74, 6) is 1.93. The average Bonchev–Trinajstić information content (AvgIpc) is 2.96. The maximum absolute atomic E-state index is 5.92. The van der Waals surface area contributed by atoms with Crippen molar-refractivity contribution in [1.82, 2.24) is 15.5 Å². The zero-order valence-corrected chi connectivity index (χ0v) is 12.9. The number of aromatic nitrogens is 2. The van der Waals surface area contributed by atoms with Gasteiger partial charge in [0.2, 0.25) is 11.7 Å². The molecule has 1 aliphatic carbocycles. The molecule has 1 saturated carbocycles. The minimum Gasteiger partial charge on any atom is -0.370 e. The topological polar surface area (TPSA) is 60.2 Å². The predicted octanol–water partition coefficient (Wildman–Crippen LogP) is 3.40. The molecule has 1 aliphatic rings. The van der Waals surface area contributed by atoms with Crippen LogP contribution in [0, 0.1) is 5.92 Å². The Morgan fingerprint density at radius 3 is 2.65 bits per heavy atom. The van der Waals surface area contributed by atoms with E-state index < -0.39 is 0 Å². The summed E-state index contributed by atoms with van der Waals surface area (Å²) in [6.07, 6.45) is 7.24. The third-order valence-electron chi connectivity index (χ3n) is 4.19. The molecule has 20 heavy (non-hydrogen) atoms. The third kappa shape index (κ3) is 3.58. The van der Waals surface area contributed by atoms with Crippen LogP contribution in [0.15, 0.2) is 4.52 Å². The van der Waals surface area contributed by atoms with Gasteiger partial charge < -0.3 is 14.6 Å². The monoisotopic (exact) mass is 281 g/mol. The quantitative estimate of drug-likeness (QED) is 0.830. The third-order valence-corrected chi connectivity index (χ3v) is 4.19. The first-order valence-electron chi connectivity index (χ1n) is 7.92. The van der Waals surface area contributed by atoms with Gasteiger partial charge in [-0.2, -0.15) is 4.98 Å². The van der Waals surface area contributed by atoms with Crippen LogP contribution in [0.4, 0.5) is 0 Å². The second-order valence-corrected chi connectivity index (χ2v) is 5.51. The van der Waals surface area contributed by atoms with E-state index in [1.54, 1.807) is 0 Å². The van der Waals surface area contributed by atoms with Crippen LogP contribution in [0.1, 0.15) is 76.2 Å².